The van der Waals surface area contributed by atoms with Gasteiger partial charge in [-0.25, -0.2) is 8.42 Å². The van der Waals surface area contributed by atoms with E-state index in [9.17, 15) is 8.42 Å². The van der Waals surface area contributed by atoms with E-state index in [1.807, 2.05) is 38.1 Å². The van der Waals surface area contributed by atoms with Crippen LogP contribution in [0.15, 0.2) is 28.7 Å². The van der Waals surface area contributed by atoms with E-state index < -0.39 is 9.84 Å². The lowest BCUT2D eigenvalue weighted by atomic mass is 10.3. The number of rotatable bonds is 6. The lowest BCUT2D eigenvalue weighted by Gasteiger charge is -2.09. The van der Waals surface area contributed by atoms with Gasteiger partial charge in [0.2, 0.25) is 0 Å². The number of sulfone groups is 1. The minimum absolute atomic E-state index is 0.178. The van der Waals surface area contributed by atoms with Gasteiger partial charge in [0.15, 0.2) is 9.84 Å². The van der Waals surface area contributed by atoms with Gasteiger partial charge in [0, 0.05) is 16.7 Å². The highest BCUT2D eigenvalue weighted by Crippen LogP contribution is 2.15. The van der Waals surface area contributed by atoms with E-state index in [2.05, 4.69) is 21.2 Å². The fraction of sp³-hybridized carbons (Fsp3) is 0.500. The first-order valence-electron chi connectivity index (χ1n) is 5.59. The molecule has 0 unspecified atom stereocenters. The van der Waals surface area contributed by atoms with Gasteiger partial charge in [0.05, 0.1) is 11.5 Å². The Kier molecular flexibility index (Phi) is 5.46. The van der Waals surface area contributed by atoms with Crippen molar-refractivity contribution in [3.63, 3.8) is 0 Å². The van der Waals surface area contributed by atoms with Crippen LogP contribution in [0.3, 0.4) is 0 Å². The standard InChI is InChI=1S/C12H18BrNO2S/c1-10(2)9-17(15,16)7-6-14-12-5-3-4-11(13)8-12/h3-5,8,10,14H,6-7,9H2,1-2H3. The van der Waals surface area contributed by atoms with Gasteiger partial charge in [-0.15, -0.1) is 0 Å². The van der Waals surface area contributed by atoms with E-state index in [1.165, 1.54) is 0 Å². The Morgan fingerprint density at radius 1 is 1.35 bits per heavy atom. The van der Waals surface area contributed by atoms with Gasteiger partial charge in [0.25, 0.3) is 0 Å². The third-order valence-corrected chi connectivity index (χ3v) is 4.65. The van der Waals surface area contributed by atoms with Crippen molar-refractivity contribution in [2.45, 2.75) is 13.8 Å². The molecule has 0 atom stereocenters. The smallest absolute Gasteiger partial charge is 0.152 e. The van der Waals surface area contributed by atoms with Crippen molar-refractivity contribution < 1.29 is 8.42 Å². The highest BCUT2D eigenvalue weighted by molar-refractivity contribution is 9.10. The molecule has 1 N–H and O–H groups in total. The van der Waals surface area contributed by atoms with Crippen LogP contribution in [0.5, 0.6) is 0 Å². The minimum Gasteiger partial charge on any atom is -0.384 e. The predicted molar refractivity (Wildman–Crippen MR) is 76.1 cm³/mol. The summed E-state index contributed by atoms with van der Waals surface area (Å²) in [6, 6.07) is 7.69. The van der Waals surface area contributed by atoms with Crippen LogP contribution in [0, 0.1) is 5.92 Å². The lowest BCUT2D eigenvalue weighted by Crippen LogP contribution is -2.20. The fourth-order valence-electron chi connectivity index (χ4n) is 1.54. The first-order valence-corrected chi connectivity index (χ1v) is 8.20. The Hall–Kier alpha value is -0.550. The highest BCUT2D eigenvalue weighted by Gasteiger charge is 2.12. The molecular weight excluding hydrogens is 302 g/mol. The van der Waals surface area contributed by atoms with Crippen molar-refractivity contribution in [1.29, 1.82) is 0 Å². The quantitative estimate of drug-likeness (QED) is 0.876. The Morgan fingerprint density at radius 3 is 2.65 bits per heavy atom. The molecule has 0 saturated carbocycles. The van der Waals surface area contributed by atoms with Crippen molar-refractivity contribution in [3.05, 3.63) is 28.7 Å². The van der Waals surface area contributed by atoms with Crippen LogP contribution < -0.4 is 5.32 Å². The van der Waals surface area contributed by atoms with Crippen LogP contribution >= 0.6 is 15.9 Å². The molecule has 0 aromatic heterocycles. The topological polar surface area (TPSA) is 46.2 Å². The molecule has 96 valence electrons. The second kappa shape index (κ2) is 6.40. The normalized spacial score (nSPS) is 11.8. The Morgan fingerprint density at radius 2 is 2.06 bits per heavy atom. The van der Waals surface area contributed by atoms with E-state index >= 15 is 0 Å². The largest absolute Gasteiger partial charge is 0.384 e. The molecule has 0 heterocycles. The van der Waals surface area contributed by atoms with Gasteiger partial charge < -0.3 is 5.32 Å². The summed E-state index contributed by atoms with van der Waals surface area (Å²) in [6.45, 7) is 4.28. The molecular formula is C12H18BrNO2S. The van der Waals surface area contributed by atoms with Crippen LogP contribution in [0.2, 0.25) is 0 Å². The third-order valence-electron chi connectivity index (χ3n) is 2.15. The zero-order valence-electron chi connectivity index (χ0n) is 10.1. The van der Waals surface area contributed by atoms with Crippen LogP contribution in [0.4, 0.5) is 5.69 Å². The van der Waals surface area contributed by atoms with E-state index in [1.54, 1.807) is 0 Å². The molecule has 5 heteroatoms. The summed E-state index contributed by atoms with van der Waals surface area (Å²) in [5.41, 5.74) is 0.930. The molecule has 1 aromatic rings. The van der Waals surface area contributed by atoms with Crippen molar-refractivity contribution in [1.82, 2.24) is 0 Å². The molecule has 0 aliphatic carbocycles. The molecule has 17 heavy (non-hydrogen) atoms. The van der Waals surface area contributed by atoms with Crippen molar-refractivity contribution in [2.24, 2.45) is 5.92 Å². The molecule has 1 aromatic carbocycles. The average Bonchev–Trinajstić information content (AvgIpc) is 2.15. The molecule has 3 nitrogen and oxygen atoms in total. The van der Waals surface area contributed by atoms with Gasteiger partial charge in [-0.05, 0) is 24.1 Å². The zero-order chi connectivity index (χ0) is 12.9. The summed E-state index contributed by atoms with van der Waals surface area (Å²) in [7, 11) is -2.94. The number of halogens is 1. The summed E-state index contributed by atoms with van der Waals surface area (Å²) in [5.74, 6) is 0.621. The Labute approximate surface area is 112 Å². The van der Waals surface area contributed by atoms with Crippen LogP contribution in [0.25, 0.3) is 0 Å². The number of nitrogens with one attached hydrogen (secondary N) is 1. The highest BCUT2D eigenvalue weighted by atomic mass is 79.9. The van der Waals surface area contributed by atoms with E-state index in [-0.39, 0.29) is 17.4 Å². The summed E-state index contributed by atoms with van der Waals surface area (Å²) >= 11 is 3.37. The summed E-state index contributed by atoms with van der Waals surface area (Å²) in [4.78, 5) is 0. The fourth-order valence-corrected chi connectivity index (χ4v) is 3.54. The zero-order valence-corrected chi connectivity index (χ0v) is 12.5. The second-order valence-corrected chi connectivity index (χ2v) is 7.59. The average molecular weight is 320 g/mol. The molecule has 1 rings (SSSR count). The van der Waals surface area contributed by atoms with Crippen LogP contribution in [0.1, 0.15) is 13.8 Å². The number of hydrogen-bond acceptors (Lipinski definition) is 3. The van der Waals surface area contributed by atoms with Gasteiger partial charge in [-0.2, -0.15) is 0 Å². The third kappa shape index (κ3) is 6.07. The first kappa shape index (κ1) is 14.5. The minimum atomic E-state index is -2.94. The maximum absolute atomic E-state index is 11.6. The SMILES string of the molecule is CC(C)CS(=O)(=O)CCNc1cccc(Br)c1. The van der Waals surface area contributed by atoms with Crippen LogP contribution in [-0.4, -0.2) is 26.5 Å². The summed E-state index contributed by atoms with van der Waals surface area (Å²) in [6.07, 6.45) is 0. The van der Waals surface area contributed by atoms with E-state index in [0.717, 1.165) is 10.2 Å². The molecule has 0 fully saturated rings. The van der Waals surface area contributed by atoms with Crippen molar-refractivity contribution in [2.75, 3.05) is 23.4 Å². The number of hydrogen-bond donors (Lipinski definition) is 1. The van der Waals surface area contributed by atoms with Crippen LogP contribution in [-0.2, 0) is 9.84 Å². The maximum atomic E-state index is 11.6. The summed E-state index contributed by atoms with van der Waals surface area (Å²) in [5, 5.41) is 3.11. The number of anilines is 1. The maximum Gasteiger partial charge on any atom is 0.152 e. The molecule has 0 radical (unpaired) electrons. The van der Waals surface area contributed by atoms with Crippen molar-refractivity contribution >= 4 is 31.5 Å². The van der Waals surface area contributed by atoms with E-state index in [0.29, 0.717) is 6.54 Å². The van der Waals surface area contributed by atoms with Crippen molar-refractivity contribution in [3.8, 4) is 0 Å². The Balaban J connectivity index is 2.43. The van der Waals surface area contributed by atoms with E-state index in [4.69, 9.17) is 0 Å². The molecule has 0 aliphatic rings. The Bertz CT molecular complexity index is 457. The van der Waals surface area contributed by atoms with Gasteiger partial charge in [-0.3, -0.25) is 0 Å². The summed E-state index contributed by atoms with van der Waals surface area (Å²) < 4.78 is 24.3. The molecule has 0 spiro atoms. The predicted octanol–water partition coefficient (Wildman–Crippen LogP) is 2.93. The second-order valence-electron chi connectivity index (χ2n) is 4.45. The monoisotopic (exact) mass is 319 g/mol. The lowest BCUT2D eigenvalue weighted by molar-refractivity contribution is 0.583. The molecule has 0 amide bonds. The van der Waals surface area contributed by atoms with Gasteiger partial charge in [-0.1, -0.05) is 35.8 Å². The van der Waals surface area contributed by atoms with Gasteiger partial charge >= 0.3 is 0 Å². The van der Waals surface area contributed by atoms with Gasteiger partial charge in [0.1, 0.15) is 0 Å². The first-order chi connectivity index (χ1) is 7.89. The molecule has 0 aliphatic heterocycles. The molecule has 0 bridgehead atoms. The number of benzene rings is 1. The molecule has 0 saturated heterocycles.